The summed E-state index contributed by atoms with van der Waals surface area (Å²) >= 11 is 0. The molecule has 0 aliphatic carbocycles. The number of ether oxygens (including phenoxy) is 1. The zero-order valence-electron chi connectivity index (χ0n) is 13.8. The minimum Gasteiger partial charge on any atom is -0.496 e. The van der Waals surface area contributed by atoms with Crippen molar-refractivity contribution in [2.75, 3.05) is 20.2 Å². The molecule has 124 valence electrons. The lowest BCUT2D eigenvalue weighted by Gasteiger charge is -2.21. The van der Waals surface area contributed by atoms with Crippen LogP contribution in [0.2, 0.25) is 0 Å². The molecule has 2 rings (SSSR count). The normalized spacial score (nSPS) is 16.0. The van der Waals surface area contributed by atoms with Gasteiger partial charge in [-0.3, -0.25) is 4.98 Å². The number of nitrogens with zero attached hydrogens (tertiary/aromatic N) is 3. The van der Waals surface area contributed by atoms with Crippen molar-refractivity contribution in [2.45, 2.75) is 46.1 Å². The van der Waals surface area contributed by atoms with Gasteiger partial charge in [0.25, 0.3) is 0 Å². The smallest absolute Gasteiger partial charge is 0.191 e. The van der Waals surface area contributed by atoms with Crippen molar-refractivity contribution < 1.29 is 4.74 Å². The van der Waals surface area contributed by atoms with Gasteiger partial charge in [-0.15, -0.1) is 24.0 Å². The van der Waals surface area contributed by atoms with Crippen LogP contribution in [-0.4, -0.2) is 36.0 Å². The first-order valence-electron chi connectivity index (χ1n) is 7.67. The van der Waals surface area contributed by atoms with Crippen LogP contribution in [0.3, 0.4) is 0 Å². The molecule has 0 bridgehead atoms. The molecule has 0 saturated carbocycles. The summed E-state index contributed by atoms with van der Waals surface area (Å²) in [4.78, 5) is 11.2. The summed E-state index contributed by atoms with van der Waals surface area (Å²) < 4.78 is 5.43. The third kappa shape index (κ3) is 4.72. The Morgan fingerprint density at radius 2 is 1.91 bits per heavy atom. The van der Waals surface area contributed by atoms with Gasteiger partial charge in [-0.05, 0) is 26.7 Å². The molecule has 0 amide bonds. The molecule has 2 heterocycles. The van der Waals surface area contributed by atoms with E-state index in [9.17, 15) is 0 Å². The van der Waals surface area contributed by atoms with Crippen molar-refractivity contribution in [3.05, 3.63) is 23.0 Å². The summed E-state index contributed by atoms with van der Waals surface area (Å²) in [5.41, 5.74) is 9.15. The topological polar surface area (TPSA) is 63.7 Å². The lowest BCUT2D eigenvalue weighted by Crippen LogP contribution is -2.38. The van der Waals surface area contributed by atoms with E-state index in [4.69, 9.17) is 10.5 Å². The van der Waals surface area contributed by atoms with Crippen molar-refractivity contribution in [1.82, 2.24) is 9.88 Å². The number of likely N-dealkylation sites (tertiary alicyclic amines) is 1. The van der Waals surface area contributed by atoms with Crippen LogP contribution in [0.15, 0.2) is 11.2 Å². The van der Waals surface area contributed by atoms with E-state index < -0.39 is 0 Å². The van der Waals surface area contributed by atoms with E-state index in [0.29, 0.717) is 12.5 Å². The Labute approximate surface area is 150 Å². The van der Waals surface area contributed by atoms with Gasteiger partial charge < -0.3 is 15.4 Å². The standard InChI is InChI=1S/C16H26N4O.HI/c1-12-10-18-14(13(2)15(12)21-3)11-19-16(17)20-8-6-4-5-7-9-20;/h10H,4-9,11H2,1-3H3,(H2,17,19);1H. The molecule has 0 spiro atoms. The molecule has 1 aliphatic heterocycles. The fourth-order valence-corrected chi connectivity index (χ4v) is 2.79. The highest BCUT2D eigenvalue weighted by molar-refractivity contribution is 14.0. The Balaban J connectivity index is 0.00000242. The number of guanidine groups is 1. The molecule has 1 saturated heterocycles. The Morgan fingerprint density at radius 1 is 1.27 bits per heavy atom. The fraction of sp³-hybridized carbons (Fsp3) is 0.625. The molecule has 5 nitrogen and oxygen atoms in total. The quantitative estimate of drug-likeness (QED) is 0.466. The number of aliphatic imine (C=N–C) groups is 1. The second kappa shape index (κ2) is 9.17. The summed E-state index contributed by atoms with van der Waals surface area (Å²) in [7, 11) is 1.69. The van der Waals surface area contributed by atoms with Crippen LogP contribution >= 0.6 is 24.0 Å². The van der Waals surface area contributed by atoms with Gasteiger partial charge in [0.05, 0.1) is 19.3 Å². The summed E-state index contributed by atoms with van der Waals surface area (Å²) in [6.07, 6.45) is 6.82. The van der Waals surface area contributed by atoms with E-state index in [1.807, 2.05) is 20.0 Å². The number of nitrogens with two attached hydrogens (primary N) is 1. The molecule has 2 N–H and O–H groups in total. The molecule has 0 aromatic carbocycles. The number of rotatable bonds is 3. The van der Waals surface area contributed by atoms with Crippen LogP contribution in [0.25, 0.3) is 0 Å². The van der Waals surface area contributed by atoms with Crippen molar-refractivity contribution in [3.63, 3.8) is 0 Å². The van der Waals surface area contributed by atoms with Crippen LogP contribution in [0.5, 0.6) is 5.75 Å². The third-order valence-electron chi connectivity index (χ3n) is 4.07. The van der Waals surface area contributed by atoms with E-state index in [0.717, 1.165) is 35.7 Å². The zero-order chi connectivity index (χ0) is 15.2. The number of halogens is 1. The van der Waals surface area contributed by atoms with Gasteiger partial charge in [0.2, 0.25) is 0 Å². The minimum atomic E-state index is 0. The SMILES string of the molecule is COc1c(C)cnc(CN=C(N)N2CCCCCC2)c1C.I. The average Bonchev–Trinajstić information content (AvgIpc) is 2.76. The average molecular weight is 418 g/mol. The monoisotopic (exact) mass is 418 g/mol. The maximum atomic E-state index is 6.13. The molecule has 0 unspecified atom stereocenters. The van der Waals surface area contributed by atoms with Crippen LogP contribution in [-0.2, 0) is 6.54 Å². The Kier molecular flexibility index (Phi) is 7.92. The Hall–Kier alpha value is -1.05. The number of aryl methyl sites for hydroxylation is 1. The maximum absolute atomic E-state index is 6.13. The van der Waals surface area contributed by atoms with E-state index in [2.05, 4.69) is 14.9 Å². The van der Waals surface area contributed by atoms with E-state index >= 15 is 0 Å². The van der Waals surface area contributed by atoms with Gasteiger partial charge in [0, 0.05) is 30.4 Å². The largest absolute Gasteiger partial charge is 0.496 e. The number of hydrogen-bond acceptors (Lipinski definition) is 3. The van der Waals surface area contributed by atoms with E-state index in [1.54, 1.807) is 7.11 Å². The molecular weight excluding hydrogens is 391 g/mol. The summed E-state index contributed by atoms with van der Waals surface area (Å²) in [6.45, 7) is 6.55. The predicted molar refractivity (Wildman–Crippen MR) is 101 cm³/mol. The summed E-state index contributed by atoms with van der Waals surface area (Å²) in [6, 6.07) is 0. The van der Waals surface area contributed by atoms with Gasteiger partial charge in [0.1, 0.15) is 5.75 Å². The van der Waals surface area contributed by atoms with Crippen molar-refractivity contribution in [2.24, 2.45) is 10.7 Å². The number of pyridine rings is 1. The Morgan fingerprint density at radius 3 is 2.50 bits per heavy atom. The molecule has 1 aromatic heterocycles. The third-order valence-corrected chi connectivity index (χ3v) is 4.07. The van der Waals surface area contributed by atoms with Crippen molar-refractivity contribution >= 4 is 29.9 Å². The predicted octanol–water partition coefficient (Wildman–Crippen LogP) is 3.02. The van der Waals surface area contributed by atoms with Crippen LogP contribution in [0.1, 0.15) is 42.5 Å². The number of methoxy groups -OCH3 is 1. The highest BCUT2D eigenvalue weighted by Gasteiger charge is 2.12. The lowest BCUT2D eigenvalue weighted by molar-refractivity contribution is 0.406. The van der Waals surface area contributed by atoms with Crippen molar-refractivity contribution in [1.29, 1.82) is 0 Å². The first-order chi connectivity index (χ1) is 10.1. The molecule has 22 heavy (non-hydrogen) atoms. The first kappa shape index (κ1) is 19.0. The maximum Gasteiger partial charge on any atom is 0.191 e. The van der Waals surface area contributed by atoms with E-state index in [1.165, 1.54) is 25.7 Å². The first-order valence-corrected chi connectivity index (χ1v) is 7.67. The molecule has 1 aliphatic rings. The Bertz CT molecular complexity index is 511. The van der Waals surface area contributed by atoms with Crippen LogP contribution in [0, 0.1) is 13.8 Å². The highest BCUT2D eigenvalue weighted by atomic mass is 127. The van der Waals surface area contributed by atoms with Gasteiger partial charge in [-0.1, -0.05) is 12.8 Å². The fourth-order valence-electron chi connectivity index (χ4n) is 2.79. The second-order valence-corrected chi connectivity index (χ2v) is 5.62. The van der Waals surface area contributed by atoms with Crippen LogP contribution < -0.4 is 10.5 Å². The van der Waals surface area contributed by atoms with Crippen LogP contribution in [0.4, 0.5) is 0 Å². The molecule has 6 heteroatoms. The molecule has 0 radical (unpaired) electrons. The van der Waals surface area contributed by atoms with Gasteiger partial charge in [0.15, 0.2) is 5.96 Å². The van der Waals surface area contributed by atoms with E-state index in [-0.39, 0.29) is 24.0 Å². The number of aromatic nitrogens is 1. The van der Waals surface area contributed by atoms with Crippen molar-refractivity contribution in [3.8, 4) is 5.75 Å². The zero-order valence-corrected chi connectivity index (χ0v) is 16.1. The number of hydrogen-bond donors (Lipinski definition) is 1. The molecule has 0 atom stereocenters. The molecule has 1 fully saturated rings. The summed E-state index contributed by atoms with van der Waals surface area (Å²) in [5, 5.41) is 0. The summed E-state index contributed by atoms with van der Waals surface area (Å²) in [5.74, 6) is 1.53. The lowest BCUT2D eigenvalue weighted by atomic mass is 10.1. The highest BCUT2D eigenvalue weighted by Crippen LogP contribution is 2.24. The van der Waals surface area contributed by atoms with Gasteiger partial charge >= 0.3 is 0 Å². The van der Waals surface area contributed by atoms with Gasteiger partial charge in [-0.25, -0.2) is 4.99 Å². The van der Waals surface area contributed by atoms with Gasteiger partial charge in [-0.2, -0.15) is 0 Å². The second-order valence-electron chi connectivity index (χ2n) is 5.62. The minimum absolute atomic E-state index is 0. The molecule has 1 aromatic rings. The molecular formula is C16H27IN4O.